The minimum Gasteiger partial charge on any atom is -0.458 e. The van der Waals surface area contributed by atoms with Gasteiger partial charge in [-0.1, -0.05) is 24.6 Å². The first-order valence-electron chi connectivity index (χ1n) is 11.9. The van der Waals surface area contributed by atoms with Crippen LogP contribution in [-0.4, -0.2) is 39.6 Å². The smallest absolute Gasteiger partial charge is 0.225 e. The van der Waals surface area contributed by atoms with E-state index >= 15 is 0 Å². The molecule has 3 aromatic heterocycles. The number of aryl methyl sites for hydroxylation is 2. The molecule has 0 N–H and O–H groups in total. The maximum Gasteiger partial charge on any atom is 0.225 e. The van der Waals surface area contributed by atoms with Gasteiger partial charge in [0.1, 0.15) is 11.8 Å². The highest BCUT2D eigenvalue weighted by molar-refractivity contribution is 5.90. The Kier molecular flexibility index (Phi) is 4.97. The Hall–Kier alpha value is -3.48. The fraction of sp³-hybridized carbons (Fsp3) is 0.385. The first-order valence-corrected chi connectivity index (χ1v) is 11.9. The van der Waals surface area contributed by atoms with E-state index in [9.17, 15) is 0 Å². The maximum absolute atomic E-state index is 6.12. The topological polar surface area (TPSA) is 71.2 Å². The zero-order chi connectivity index (χ0) is 22.4. The van der Waals surface area contributed by atoms with Gasteiger partial charge in [0, 0.05) is 43.3 Å². The van der Waals surface area contributed by atoms with Crippen molar-refractivity contribution in [2.45, 2.75) is 45.4 Å². The van der Waals surface area contributed by atoms with Crippen molar-refractivity contribution in [1.82, 2.24) is 19.9 Å². The molecule has 0 radical (unpaired) electrons. The number of rotatable bonds is 4. The van der Waals surface area contributed by atoms with Crippen LogP contribution in [0.3, 0.4) is 0 Å². The van der Waals surface area contributed by atoms with Crippen molar-refractivity contribution in [3.63, 3.8) is 0 Å². The lowest BCUT2D eigenvalue weighted by atomic mass is 9.90. The SMILES string of the molecule is CCc1cnc(N2CCC(c3coc4c(N5CCc6cc(C)ccc65)ncnc34)CC2)nc1. The number of nitrogens with zero attached hydrogens (tertiary/aromatic N) is 6. The van der Waals surface area contributed by atoms with Gasteiger partial charge in [0.05, 0.1) is 6.26 Å². The van der Waals surface area contributed by atoms with Crippen LogP contribution in [0.2, 0.25) is 0 Å². The predicted octanol–water partition coefficient (Wildman–Crippen LogP) is 4.96. The summed E-state index contributed by atoms with van der Waals surface area (Å²) in [5, 5.41) is 0. The molecule has 1 fully saturated rings. The molecule has 2 aliphatic heterocycles. The van der Waals surface area contributed by atoms with Gasteiger partial charge in [-0.15, -0.1) is 0 Å². The third-order valence-electron chi connectivity index (χ3n) is 7.07. The fourth-order valence-corrected chi connectivity index (χ4v) is 5.17. The second kappa shape index (κ2) is 8.14. The number of hydrogen-bond donors (Lipinski definition) is 0. The molecule has 7 heteroatoms. The number of anilines is 3. The summed E-state index contributed by atoms with van der Waals surface area (Å²) in [4.78, 5) is 22.9. The van der Waals surface area contributed by atoms with Crippen LogP contribution in [0.15, 0.2) is 47.6 Å². The van der Waals surface area contributed by atoms with Crippen LogP contribution in [0.25, 0.3) is 11.1 Å². The van der Waals surface area contributed by atoms with Crippen LogP contribution in [0.4, 0.5) is 17.5 Å². The van der Waals surface area contributed by atoms with Crippen LogP contribution >= 0.6 is 0 Å². The molecular weight excluding hydrogens is 412 g/mol. The fourth-order valence-electron chi connectivity index (χ4n) is 5.17. The monoisotopic (exact) mass is 440 g/mol. The van der Waals surface area contributed by atoms with Gasteiger partial charge in [-0.3, -0.25) is 0 Å². The van der Waals surface area contributed by atoms with Gasteiger partial charge in [0.2, 0.25) is 5.95 Å². The summed E-state index contributed by atoms with van der Waals surface area (Å²) in [7, 11) is 0. The molecule has 6 rings (SSSR count). The lowest BCUT2D eigenvalue weighted by molar-refractivity contribution is 0.493. The van der Waals surface area contributed by atoms with Gasteiger partial charge >= 0.3 is 0 Å². The van der Waals surface area contributed by atoms with Gasteiger partial charge < -0.3 is 14.2 Å². The van der Waals surface area contributed by atoms with Crippen LogP contribution in [0, 0.1) is 6.92 Å². The maximum atomic E-state index is 6.12. The summed E-state index contributed by atoms with van der Waals surface area (Å²) in [6.45, 7) is 7.04. The molecule has 1 saturated heterocycles. The summed E-state index contributed by atoms with van der Waals surface area (Å²) in [6.07, 6.45) is 11.5. The molecule has 0 saturated carbocycles. The van der Waals surface area contributed by atoms with E-state index in [-0.39, 0.29) is 0 Å². The first kappa shape index (κ1) is 20.1. The highest BCUT2D eigenvalue weighted by Crippen LogP contribution is 2.40. The van der Waals surface area contributed by atoms with Crippen LogP contribution in [0.1, 0.15) is 47.9 Å². The van der Waals surface area contributed by atoms with Gasteiger partial charge in [0.15, 0.2) is 11.4 Å². The standard InChI is InChI=1S/C26H28N6O/c1-3-18-13-27-26(28-14-18)31-9-6-19(7-10-31)21-15-33-24-23(21)29-16-30-25(24)32-11-8-20-12-17(2)4-5-22(20)32/h4-5,12-16,19H,3,6-11H2,1-2H3. The summed E-state index contributed by atoms with van der Waals surface area (Å²) in [5.74, 6) is 2.11. The quantitative estimate of drug-likeness (QED) is 0.444. The molecule has 0 atom stereocenters. The summed E-state index contributed by atoms with van der Waals surface area (Å²) in [6, 6.07) is 6.63. The van der Waals surface area contributed by atoms with E-state index in [2.05, 4.69) is 61.8 Å². The molecule has 168 valence electrons. The third kappa shape index (κ3) is 3.52. The lowest BCUT2D eigenvalue weighted by Crippen LogP contribution is -2.34. The minimum absolute atomic E-state index is 0.411. The molecular formula is C26H28N6O. The first-order chi connectivity index (χ1) is 16.2. The van der Waals surface area contributed by atoms with E-state index in [0.717, 1.165) is 68.2 Å². The van der Waals surface area contributed by atoms with E-state index in [0.29, 0.717) is 5.92 Å². The van der Waals surface area contributed by atoms with Gasteiger partial charge in [-0.2, -0.15) is 0 Å². The molecule has 0 amide bonds. The summed E-state index contributed by atoms with van der Waals surface area (Å²) in [5.41, 5.74) is 7.99. The zero-order valence-electron chi connectivity index (χ0n) is 19.2. The Balaban J connectivity index is 1.24. The molecule has 0 unspecified atom stereocenters. The molecule has 4 aromatic rings. The van der Waals surface area contributed by atoms with Crippen molar-refractivity contribution in [2.75, 3.05) is 29.4 Å². The molecule has 0 bridgehead atoms. The molecule has 33 heavy (non-hydrogen) atoms. The van der Waals surface area contributed by atoms with Gasteiger partial charge in [-0.05, 0) is 55.7 Å². The van der Waals surface area contributed by atoms with Crippen molar-refractivity contribution < 1.29 is 4.42 Å². The highest BCUT2D eigenvalue weighted by atomic mass is 16.3. The third-order valence-corrected chi connectivity index (χ3v) is 7.07. The summed E-state index contributed by atoms with van der Waals surface area (Å²) < 4.78 is 6.12. The molecule has 1 aromatic carbocycles. The number of furan rings is 1. The number of piperidine rings is 1. The Labute approximate surface area is 193 Å². The van der Waals surface area contributed by atoms with E-state index in [4.69, 9.17) is 4.42 Å². The van der Waals surface area contributed by atoms with E-state index in [1.54, 1.807) is 6.33 Å². The largest absolute Gasteiger partial charge is 0.458 e. The second-order valence-electron chi connectivity index (χ2n) is 9.11. The van der Waals surface area contributed by atoms with Gasteiger partial charge in [-0.25, -0.2) is 19.9 Å². The van der Waals surface area contributed by atoms with Crippen molar-refractivity contribution in [3.05, 3.63) is 65.4 Å². The van der Waals surface area contributed by atoms with Gasteiger partial charge in [0.25, 0.3) is 0 Å². The second-order valence-corrected chi connectivity index (χ2v) is 9.11. The van der Waals surface area contributed by atoms with Crippen LogP contribution < -0.4 is 9.80 Å². The lowest BCUT2D eigenvalue weighted by Gasteiger charge is -2.31. The average Bonchev–Trinajstić information content (AvgIpc) is 3.48. The summed E-state index contributed by atoms with van der Waals surface area (Å²) >= 11 is 0. The highest BCUT2D eigenvalue weighted by Gasteiger charge is 2.29. The Morgan fingerprint density at radius 1 is 1.03 bits per heavy atom. The van der Waals surface area contributed by atoms with E-state index in [1.807, 2.05) is 18.7 Å². The minimum atomic E-state index is 0.411. The Morgan fingerprint density at radius 3 is 2.64 bits per heavy atom. The Bertz CT molecular complexity index is 1290. The number of benzene rings is 1. The average molecular weight is 441 g/mol. The number of hydrogen-bond acceptors (Lipinski definition) is 7. The molecule has 7 nitrogen and oxygen atoms in total. The normalized spacial score (nSPS) is 16.5. The van der Waals surface area contributed by atoms with Crippen molar-refractivity contribution in [1.29, 1.82) is 0 Å². The van der Waals surface area contributed by atoms with E-state index < -0.39 is 0 Å². The number of aromatic nitrogens is 4. The molecule has 0 spiro atoms. The molecule has 5 heterocycles. The number of fused-ring (bicyclic) bond motifs is 2. The zero-order valence-corrected chi connectivity index (χ0v) is 19.2. The predicted molar refractivity (Wildman–Crippen MR) is 129 cm³/mol. The van der Waals surface area contributed by atoms with Crippen LogP contribution in [0.5, 0.6) is 0 Å². The van der Waals surface area contributed by atoms with E-state index in [1.165, 1.54) is 27.9 Å². The molecule has 0 aliphatic carbocycles. The van der Waals surface area contributed by atoms with Crippen LogP contribution in [-0.2, 0) is 12.8 Å². The van der Waals surface area contributed by atoms with Crippen molar-refractivity contribution >= 4 is 28.6 Å². The van der Waals surface area contributed by atoms with Crippen molar-refractivity contribution in [3.8, 4) is 0 Å². The molecule has 2 aliphatic rings. The Morgan fingerprint density at radius 2 is 1.85 bits per heavy atom. The van der Waals surface area contributed by atoms with Crippen molar-refractivity contribution in [2.24, 2.45) is 0 Å².